The number of alkyl carbamates (subject to hydrolysis) is 1. The lowest BCUT2D eigenvalue weighted by atomic mass is 10.2. The molecule has 0 aromatic rings. The first-order valence-corrected chi connectivity index (χ1v) is 6.84. The van der Waals surface area contributed by atoms with Gasteiger partial charge in [-0.05, 0) is 39.2 Å². The van der Waals surface area contributed by atoms with Crippen molar-refractivity contribution in [2.24, 2.45) is 5.92 Å². The van der Waals surface area contributed by atoms with E-state index in [2.05, 4.69) is 5.32 Å². The lowest BCUT2D eigenvalue weighted by Crippen LogP contribution is -2.47. The molecule has 1 rings (SSSR count). The van der Waals surface area contributed by atoms with E-state index in [4.69, 9.17) is 9.84 Å². The Balaban J connectivity index is 2.59. The van der Waals surface area contributed by atoms with Crippen LogP contribution in [0.2, 0.25) is 0 Å². The van der Waals surface area contributed by atoms with E-state index in [1.165, 1.54) is 0 Å². The lowest BCUT2D eigenvalue weighted by Gasteiger charge is -2.22. The number of thioether (sulfide) groups is 1. The minimum atomic E-state index is -1.12. The summed E-state index contributed by atoms with van der Waals surface area (Å²) in [5.41, 5.74) is -1.74. The average molecular weight is 261 g/mol. The third kappa shape index (κ3) is 3.52. The number of hydrogen-bond donors (Lipinski definition) is 2. The zero-order valence-corrected chi connectivity index (χ0v) is 11.4. The van der Waals surface area contributed by atoms with E-state index < -0.39 is 23.2 Å². The first-order chi connectivity index (χ1) is 7.71. The van der Waals surface area contributed by atoms with Crippen LogP contribution in [0.25, 0.3) is 0 Å². The second-order valence-electron chi connectivity index (χ2n) is 5.26. The second-order valence-corrected chi connectivity index (χ2v) is 6.17. The van der Waals surface area contributed by atoms with Crippen molar-refractivity contribution in [3.8, 4) is 0 Å². The van der Waals surface area contributed by atoms with Gasteiger partial charge in [-0.25, -0.2) is 9.59 Å². The molecule has 98 valence electrons. The minimum Gasteiger partial charge on any atom is -0.479 e. The summed E-state index contributed by atoms with van der Waals surface area (Å²) in [7, 11) is 0. The maximum Gasteiger partial charge on any atom is 0.408 e. The molecule has 1 aliphatic rings. The number of nitrogens with one attached hydrogen (secondary N) is 1. The zero-order chi connectivity index (χ0) is 13.3. The Morgan fingerprint density at radius 1 is 1.53 bits per heavy atom. The number of carbonyl (C=O) groups excluding carboxylic acids is 1. The average Bonchev–Trinajstić information content (AvgIpc) is 2.76. The fourth-order valence-electron chi connectivity index (χ4n) is 1.69. The summed E-state index contributed by atoms with van der Waals surface area (Å²) in [4.78, 5) is 22.8. The third-order valence-electron chi connectivity index (χ3n) is 2.58. The third-order valence-corrected chi connectivity index (χ3v) is 3.31. The molecule has 2 atom stereocenters. The molecule has 1 saturated carbocycles. The fourth-order valence-corrected chi connectivity index (χ4v) is 2.49. The number of rotatable bonds is 4. The molecule has 5 nitrogen and oxygen atoms in total. The van der Waals surface area contributed by atoms with Crippen molar-refractivity contribution in [1.29, 1.82) is 0 Å². The number of aliphatic carboxylic acids is 1. The standard InChI is InChI=1S/C11H19NO4S/c1-10(2,3)16-9(15)12-11(8(13)14)5-7(11)6-17-4/h7H,5-6H2,1-4H3,(H,12,15)(H,13,14)/t7-,11+/m1/s1. The van der Waals surface area contributed by atoms with Crippen molar-refractivity contribution >= 4 is 23.8 Å². The quantitative estimate of drug-likeness (QED) is 0.806. The molecule has 0 aliphatic heterocycles. The van der Waals surface area contributed by atoms with Crippen LogP contribution in [-0.4, -0.2) is 40.3 Å². The van der Waals surface area contributed by atoms with Crippen LogP contribution in [0.1, 0.15) is 27.2 Å². The lowest BCUT2D eigenvalue weighted by molar-refractivity contribution is -0.141. The molecule has 17 heavy (non-hydrogen) atoms. The summed E-state index contributed by atoms with van der Waals surface area (Å²) in [5.74, 6) is -0.271. The molecule has 6 heteroatoms. The van der Waals surface area contributed by atoms with Crippen LogP contribution in [0.3, 0.4) is 0 Å². The SMILES string of the molecule is CSC[C@H]1C[C@@]1(NC(=O)OC(C)(C)C)C(=O)O. The molecular formula is C11H19NO4S. The Morgan fingerprint density at radius 3 is 2.53 bits per heavy atom. The maximum absolute atomic E-state index is 11.6. The smallest absolute Gasteiger partial charge is 0.408 e. The molecule has 0 radical (unpaired) electrons. The van der Waals surface area contributed by atoms with Gasteiger partial charge < -0.3 is 15.2 Å². The van der Waals surface area contributed by atoms with Gasteiger partial charge in [-0.2, -0.15) is 11.8 Å². The van der Waals surface area contributed by atoms with Gasteiger partial charge in [0.2, 0.25) is 0 Å². The Morgan fingerprint density at radius 2 is 2.12 bits per heavy atom. The van der Waals surface area contributed by atoms with Crippen LogP contribution in [0.5, 0.6) is 0 Å². The van der Waals surface area contributed by atoms with Crippen LogP contribution < -0.4 is 5.32 Å². The summed E-state index contributed by atoms with van der Waals surface area (Å²) >= 11 is 1.58. The molecule has 0 heterocycles. The summed E-state index contributed by atoms with van der Waals surface area (Å²) in [6.45, 7) is 5.23. The zero-order valence-electron chi connectivity index (χ0n) is 10.6. The van der Waals surface area contributed by atoms with E-state index in [-0.39, 0.29) is 5.92 Å². The molecule has 0 spiro atoms. The second kappa shape index (κ2) is 4.76. The molecule has 1 aliphatic carbocycles. The van der Waals surface area contributed by atoms with Crippen LogP contribution >= 0.6 is 11.8 Å². The van der Waals surface area contributed by atoms with Gasteiger partial charge in [0, 0.05) is 5.92 Å². The van der Waals surface area contributed by atoms with E-state index >= 15 is 0 Å². The van der Waals surface area contributed by atoms with Crippen molar-refractivity contribution < 1.29 is 19.4 Å². The Bertz CT molecular complexity index is 326. The van der Waals surface area contributed by atoms with Gasteiger partial charge in [0.1, 0.15) is 11.1 Å². The Labute approximate surface area is 105 Å². The maximum atomic E-state index is 11.6. The van der Waals surface area contributed by atoms with Gasteiger partial charge in [-0.1, -0.05) is 0 Å². The Hall–Kier alpha value is -0.910. The fraction of sp³-hybridized carbons (Fsp3) is 0.818. The van der Waals surface area contributed by atoms with Gasteiger partial charge >= 0.3 is 12.1 Å². The first kappa shape index (κ1) is 14.2. The molecule has 0 aromatic heterocycles. The van der Waals surface area contributed by atoms with Gasteiger partial charge in [-0.3, -0.25) is 0 Å². The highest BCUT2D eigenvalue weighted by atomic mass is 32.2. The largest absolute Gasteiger partial charge is 0.479 e. The molecular weight excluding hydrogens is 242 g/mol. The van der Waals surface area contributed by atoms with Gasteiger partial charge in [0.25, 0.3) is 0 Å². The van der Waals surface area contributed by atoms with Crippen molar-refractivity contribution in [2.45, 2.75) is 38.3 Å². The number of carboxylic acid groups (broad SMARTS) is 1. The van der Waals surface area contributed by atoms with E-state index in [9.17, 15) is 9.59 Å². The van der Waals surface area contributed by atoms with Crippen molar-refractivity contribution in [3.63, 3.8) is 0 Å². The van der Waals surface area contributed by atoms with E-state index in [0.717, 1.165) is 5.75 Å². The van der Waals surface area contributed by atoms with Crippen molar-refractivity contribution in [1.82, 2.24) is 5.32 Å². The highest BCUT2D eigenvalue weighted by Gasteiger charge is 2.61. The summed E-state index contributed by atoms with van der Waals surface area (Å²) in [6.07, 6.45) is 1.73. The number of carboxylic acids is 1. The minimum absolute atomic E-state index is 0.0116. The topological polar surface area (TPSA) is 75.6 Å². The molecule has 0 aromatic carbocycles. The van der Waals surface area contributed by atoms with E-state index in [1.807, 2.05) is 6.26 Å². The first-order valence-electron chi connectivity index (χ1n) is 5.45. The Kier molecular flexibility index (Phi) is 3.96. The molecule has 2 N–H and O–H groups in total. The molecule has 1 fully saturated rings. The highest BCUT2D eigenvalue weighted by Crippen LogP contribution is 2.45. The molecule has 1 amide bonds. The highest BCUT2D eigenvalue weighted by molar-refractivity contribution is 7.98. The summed E-state index contributed by atoms with van der Waals surface area (Å²) in [5, 5.41) is 11.7. The number of hydrogen-bond acceptors (Lipinski definition) is 4. The van der Waals surface area contributed by atoms with Gasteiger partial charge in [0.15, 0.2) is 0 Å². The monoisotopic (exact) mass is 261 g/mol. The van der Waals surface area contributed by atoms with Gasteiger partial charge in [0.05, 0.1) is 0 Å². The van der Waals surface area contributed by atoms with Crippen LogP contribution in [0, 0.1) is 5.92 Å². The van der Waals surface area contributed by atoms with E-state index in [1.54, 1.807) is 32.5 Å². The number of ether oxygens (including phenoxy) is 1. The van der Waals surface area contributed by atoms with Crippen LogP contribution in [0.4, 0.5) is 4.79 Å². The summed E-state index contributed by atoms with van der Waals surface area (Å²) < 4.78 is 5.07. The number of carbonyl (C=O) groups is 2. The van der Waals surface area contributed by atoms with Crippen LogP contribution in [-0.2, 0) is 9.53 Å². The van der Waals surface area contributed by atoms with Crippen molar-refractivity contribution in [2.75, 3.05) is 12.0 Å². The van der Waals surface area contributed by atoms with E-state index in [0.29, 0.717) is 6.42 Å². The van der Waals surface area contributed by atoms with Crippen molar-refractivity contribution in [3.05, 3.63) is 0 Å². The normalized spacial score (nSPS) is 27.4. The van der Waals surface area contributed by atoms with Gasteiger partial charge in [-0.15, -0.1) is 0 Å². The number of amides is 1. The molecule has 0 bridgehead atoms. The predicted molar refractivity (Wildman–Crippen MR) is 66.2 cm³/mol. The molecule has 0 saturated heterocycles. The molecule has 0 unspecified atom stereocenters. The van der Waals surface area contributed by atoms with Crippen LogP contribution in [0.15, 0.2) is 0 Å². The predicted octanol–water partition coefficient (Wildman–Crippen LogP) is 1.72. The summed E-state index contributed by atoms with van der Waals surface area (Å²) in [6, 6.07) is 0.